The van der Waals surface area contributed by atoms with E-state index in [1.165, 1.54) is 18.4 Å². The Hall–Kier alpha value is -1.35. The number of unbranched alkanes of at least 4 members (excludes halogenated alkanes) is 1. The molecule has 0 saturated heterocycles. The molecule has 0 radical (unpaired) electrons. The first-order valence-electron chi connectivity index (χ1n) is 7.65. The van der Waals surface area contributed by atoms with Gasteiger partial charge in [-0.05, 0) is 36.5 Å². The van der Waals surface area contributed by atoms with Crippen molar-refractivity contribution < 1.29 is 4.79 Å². The van der Waals surface area contributed by atoms with E-state index in [2.05, 4.69) is 24.4 Å². The van der Waals surface area contributed by atoms with Crippen molar-refractivity contribution in [2.24, 2.45) is 11.7 Å². The van der Waals surface area contributed by atoms with Crippen molar-refractivity contribution in [2.45, 2.75) is 58.9 Å². The van der Waals surface area contributed by atoms with Crippen LogP contribution in [0.4, 0.5) is 5.69 Å². The van der Waals surface area contributed by atoms with Crippen LogP contribution in [-0.4, -0.2) is 11.9 Å². The summed E-state index contributed by atoms with van der Waals surface area (Å²) in [5, 5.41) is 2.92. The van der Waals surface area contributed by atoms with Gasteiger partial charge in [-0.15, -0.1) is 0 Å². The van der Waals surface area contributed by atoms with Crippen molar-refractivity contribution in [2.75, 3.05) is 5.32 Å². The van der Waals surface area contributed by atoms with Gasteiger partial charge in [0.15, 0.2) is 0 Å². The van der Waals surface area contributed by atoms with Crippen molar-refractivity contribution >= 4 is 11.6 Å². The van der Waals surface area contributed by atoms with E-state index in [1.54, 1.807) is 0 Å². The first-order chi connectivity index (χ1) is 9.51. The Morgan fingerprint density at radius 3 is 2.45 bits per heavy atom. The minimum atomic E-state index is 0.0763. The average Bonchev–Trinajstić information content (AvgIpc) is 2.37. The van der Waals surface area contributed by atoms with E-state index in [0.717, 1.165) is 18.5 Å². The zero-order valence-electron chi connectivity index (χ0n) is 13.0. The van der Waals surface area contributed by atoms with E-state index < -0.39 is 0 Å². The van der Waals surface area contributed by atoms with Crippen LogP contribution in [0, 0.1) is 5.92 Å². The Kier molecular flexibility index (Phi) is 7.31. The summed E-state index contributed by atoms with van der Waals surface area (Å²) in [7, 11) is 0. The fourth-order valence-corrected chi connectivity index (χ4v) is 2.18. The summed E-state index contributed by atoms with van der Waals surface area (Å²) in [6.45, 7) is 6.27. The van der Waals surface area contributed by atoms with Gasteiger partial charge in [-0.25, -0.2) is 0 Å². The second-order valence-electron chi connectivity index (χ2n) is 5.95. The highest BCUT2D eigenvalue weighted by atomic mass is 16.1. The minimum absolute atomic E-state index is 0.0763. The van der Waals surface area contributed by atoms with Crippen molar-refractivity contribution in [1.82, 2.24) is 0 Å². The third kappa shape index (κ3) is 6.71. The van der Waals surface area contributed by atoms with Crippen LogP contribution >= 0.6 is 0 Å². The van der Waals surface area contributed by atoms with Crippen LogP contribution in [0.5, 0.6) is 0 Å². The van der Waals surface area contributed by atoms with Crippen LogP contribution in [0.3, 0.4) is 0 Å². The lowest BCUT2D eigenvalue weighted by Gasteiger charge is -2.12. The van der Waals surface area contributed by atoms with Crippen molar-refractivity contribution in [3.63, 3.8) is 0 Å². The number of benzene rings is 1. The third-order valence-electron chi connectivity index (χ3n) is 3.26. The Morgan fingerprint density at radius 1 is 1.25 bits per heavy atom. The maximum Gasteiger partial charge on any atom is 0.224 e. The summed E-state index contributed by atoms with van der Waals surface area (Å²) in [6, 6.07) is 8.25. The van der Waals surface area contributed by atoms with Gasteiger partial charge in [0.2, 0.25) is 5.91 Å². The highest BCUT2D eigenvalue weighted by Crippen LogP contribution is 2.13. The largest absolute Gasteiger partial charge is 0.327 e. The maximum absolute atomic E-state index is 11.7. The van der Waals surface area contributed by atoms with Crippen molar-refractivity contribution in [3.8, 4) is 0 Å². The first kappa shape index (κ1) is 16.7. The summed E-state index contributed by atoms with van der Waals surface area (Å²) in [5.74, 6) is 0.457. The Balaban J connectivity index is 2.45. The number of nitrogens with one attached hydrogen (secondary N) is 1. The number of carbonyl (C=O) groups is 1. The standard InChI is InChI=1S/C17H28N2O/c1-4-5-6-15(18)12-14-7-9-16(10-8-14)19-17(20)11-13(2)3/h7-10,13,15H,4-6,11-12,18H2,1-3H3,(H,19,20). The van der Waals surface area contributed by atoms with Crippen LogP contribution in [-0.2, 0) is 11.2 Å². The second kappa shape index (κ2) is 8.75. The molecule has 0 heterocycles. The zero-order valence-corrected chi connectivity index (χ0v) is 13.0. The molecule has 0 aromatic heterocycles. The normalized spacial score (nSPS) is 12.4. The molecule has 0 bridgehead atoms. The molecular formula is C17H28N2O. The van der Waals surface area contributed by atoms with Gasteiger partial charge < -0.3 is 11.1 Å². The van der Waals surface area contributed by atoms with E-state index in [0.29, 0.717) is 12.3 Å². The van der Waals surface area contributed by atoms with Crippen LogP contribution in [0.1, 0.15) is 52.0 Å². The first-order valence-corrected chi connectivity index (χ1v) is 7.65. The SMILES string of the molecule is CCCCC(N)Cc1ccc(NC(=O)CC(C)C)cc1. The van der Waals surface area contributed by atoms with E-state index in [-0.39, 0.29) is 11.9 Å². The quantitative estimate of drug-likeness (QED) is 0.760. The number of hydrogen-bond acceptors (Lipinski definition) is 2. The molecule has 1 rings (SSSR count). The molecular weight excluding hydrogens is 248 g/mol. The molecule has 3 N–H and O–H groups in total. The van der Waals surface area contributed by atoms with Crippen LogP contribution < -0.4 is 11.1 Å². The van der Waals surface area contributed by atoms with Crippen molar-refractivity contribution in [1.29, 1.82) is 0 Å². The van der Waals surface area contributed by atoms with Gasteiger partial charge in [0.1, 0.15) is 0 Å². The van der Waals surface area contributed by atoms with Gasteiger partial charge >= 0.3 is 0 Å². The predicted molar refractivity (Wildman–Crippen MR) is 85.7 cm³/mol. The van der Waals surface area contributed by atoms with E-state index in [9.17, 15) is 4.79 Å². The molecule has 0 saturated carbocycles. The minimum Gasteiger partial charge on any atom is -0.327 e. The number of amides is 1. The Labute approximate surface area is 122 Å². The van der Waals surface area contributed by atoms with Gasteiger partial charge in [0.25, 0.3) is 0 Å². The topological polar surface area (TPSA) is 55.1 Å². The lowest BCUT2D eigenvalue weighted by atomic mass is 10.0. The molecule has 3 heteroatoms. The predicted octanol–water partition coefficient (Wildman–Crippen LogP) is 3.73. The Morgan fingerprint density at radius 2 is 1.90 bits per heavy atom. The molecule has 1 atom stereocenters. The molecule has 0 aliphatic heterocycles. The molecule has 20 heavy (non-hydrogen) atoms. The van der Waals surface area contributed by atoms with E-state index >= 15 is 0 Å². The van der Waals surface area contributed by atoms with Crippen LogP contribution in [0.25, 0.3) is 0 Å². The fraction of sp³-hybridized carbons (Fsp3) is 0.588. The second-order valence-corrected chi connectivity index (χ2v) is 5.95. The molecule has 1 aromatic rings. The highest BCUT2D eigenvalue weighted by Gasteiger charge is 2.06. The third-order valence-corrected chi connectivity index (χ3v) is 3.26. The number of nitrogens with two attached hydrogens (primary N) is 1. The zero-order chi connectivity index (χ0) is 15.0. The highest BCUT2D eigenvalue weighted by molar-refractivity contribution is 5.90. The summed E-state index contributed by atoms with van der Waals surface area (Å²) in [5.41, 5.74) is 8.19. The van der Waals surface area contributed by atoms with E-state index in [4.69, 9.17) is 5.73 Å². The molecule has 112 valence electrons. The van der Waals surface area contributed by atoms with Gasteiger partial charge in [-0.1, -0.05) is 45.7 Å². The maximum atomic E-state index is 11.7. The molecule has 1 aromatic carbocycles. The molecule has 0 aliphatic carbocycles. The monoisotopic (exact) mass is 276 g/mol. The summed E-state index contributed by atoms with van der Waals surface area (Å²) >= 11 is 0. The fourth-order valence-electron chi connectivity index (χ4n) is 2.18. The summed E-state index contributed by atoms with van der Waals surface area (Å²) in [4.78, 5) is 11.7. The molecule has 1 unspecified atom stereocenters. The number of rotatable bonds is 8. The van der Waals surface area contributed by atoms with Gasteiger partial charge in [-0.2, -0.15) is 0 Å². The van der Waals surface area contributed by atoms with Gasteiger partial charge in [-0.3, -0.25) is 4.79 Å². The molecule has 0 fully saturated rings. The average molecular weight is 276 g/mol. The Bertz CT molecular complexity index is 398. The lowest BCUT2D eigenvalue weighted by molar-refractivity contribution is -0.116. The van der Waals surface area contributed by atoms with Gasteiger partial charge in [0.05, 0.1) is 0 Å². The number of carbonyl (C=O) groups excluding carboxylic acids is 1. The van der Waals surface area contributed by atoms with Crippen LogP contribution in [0.15, 0.2) is 24.3 Å². The molecule has 0 spiro atoms. The summed E-state index contributed by atoms with van der Waals surface area (Å²) in [6.07, 6.45) is 4.91. The van der Waals surface area contributed by atoms with Crippen LogP contribution in [0.2, 0.25) is 0 Å². The number of anilines is 1. The molecule has 0 aliphatic rings. The smallest absolute Gasteiger partial charge is 0.224 e. The lowest BCUT2D eigenvalue weighted by Crippen LogP contribution is -2.22. The van der Waals surface area contributed by atoms with Gasteiger partial charge in [0, 0.05) is 18.2 Å². The van der Waals surface area contributed by atoms with Crippen molar-refractivity contribution in [3.05, 3.63) is 29.8 Å². The molecule has 1 amide bonds. The molecule has 3 nitrogen and oxygen atoms in total. The van der Waals surface area contributed by atoms with E-state index in [1.807, 2.05) is 26.0 Å². The number of hydrogen-bond donors (Lipinski definition) is 2. The summed E-state index contributed by atoms with van der Waals surface area (Å²) < 4.78 is 0.